The molecule has 0 bridgehead atoms. The van der Waals surface area contributed by atoms with Gasteiger partial charge in [-0.25, -0.2) is 4.39 Å². The molecule has 0 unspecified atom stereocenters. The summed E-state index contributed by atoms with van der Waals surface area (Å²) in [5, 5.41) is 17.5. The second-order valence-corrected chi connectivity index (χ2v) is 5.76. The van der Waals surface area contributed by atoms with Gasteiger partial charge in [0.15, 0.2) is 5.82 Å². The van der Waals surface area contributed by atoms with E-state index < -0.39 is 22.5 Å². The van der Waals surface area contributed by atoms with Crippen LogP contribution < -0.4 is 5.32 Å². The number of hydrogen-bond acceptors (Lipinski definition) is 5. The molecule has 1 amide bonds. The maximum Gasteiger partial charge on any atom is 0.433 e. The minimum Gasteiger partial charge on any atom is -0.401 e. The number of nitrogens with one attached hydrogen (secondary N) is 1. The lowest BCUT2D eigenvalue weighted by molar-refractivity contribution is -0.402. The number of aromatic nitrogens is 2. The van der Waals surface area contributed by atoms with Gasteiger partial charge >= 0.3 is 5.88 Å². The Morgan fingerprint density at radius 2 is 2.19 bits per heavy atom. The summed E-state index contributed by atoms with van der Waals surface area (Å²) >= 11 is 5.98. The van der Waals surface area contributed by atoms with Crippen molar-refractivity contribution in [1.29, 1.82) is 0 Å². The highest BCUT2D eigenvalue weighted by molar-refractivity contribution is 6.31. The molecule has 0 atom stereocenters. The molecule has 0 saturated heterocycles. The van der Waals surface area contributed by atoms with Gasteiger partial charge in [0, 0.05) is 28.9 Å². The molecule has 0 fully saturated rings. The van der Waals surface area contributed by atoms with Crippen molar-refractivity contribution >= 4 is 35.3 Å². The Morgan fingerprint density at radius 1 is 1.37 bits per heavy atom. The molecule has 1 N–H and O–H groups in total. The summed E-state index contributed by atoms with van der Waals surface area (Å²) in [5.74, 6) is -0.956. The maximum atomic E-state index is 13.8. The van der Waals surface area contributed by atoms with Crippen molar-refractivity contribution in [3.8, 4) is 0 Å². The number of nitro groups is 1. The van der Waals surface area contributed by atoms with Gasteiger partial charge < -0.3 is 9.73 Å². The quantitative estimate of drug-likeness (QED) is 0.391. The summed E-state index contributed by atoms with van der Waals surface area (Å²) in [6.07, 6.45) is 4.01. The number of carbonyl (C=O) groups excluding carboxylic acids is 1. The van der Waals surface area contributed by atoms with Gasteiger partial charge in [0.05, 0.1) is 12.6 Å². The molecule has 3 aromatic rings. The maximum absolute atomic E-state index is 13.8. The van der Waals surface area contributed by atoms with E-state index in [1.807, 2.05) is 0 Å². The molecule has 27 heavy (non-hydrogen) atoms. The number of amides is 1. The molecular weight excluding hydrogens is 379 g/mol. The highest BCUT2D eigenvalue weighted by Gasteiger charge is 2.11. The third-order valence-electron chi connectivity index (χ3n) is 3.47. The van der Waals surface area contributed by atoms with Crippen LogP contribution >= 0.6 is 11.6 Å². The van der Waals surface area contributed by atoms with Crippen LogP contribution in [-0.2, 0) is 11.3 Å². The number of hydrogen-bond donors (Lipinski definition) is 1. The van der Waals surface area contributed by atoms with Crippen molar-refractivity contribution in [3.63, 3.8) is 0 Å². The summed E-state index contributed by atoms with van der Waals surface area (Å²) in [6, 6.07) is 8.49. The van der Waals surface area contributed by atoms with Crippen LogP contribution in [0.4, 0.5) is 16.1 Å². The smallest absolute Gasteiger partial charge is 0.401 e. The fourth-order valence-electron chi connectivity index (χ4n) is 2.22. The molecule has 0 aliphatic heterocycles. The van der Waals surface area contributed by atoms with Gasteiger partial charge in [-0.2, -0.15) is 5.10 Å². The molecule has 2 aromatic heterocycles. The molecule has 0 radical (unpaired) electrons. The minimum absolute atomic E-state index is 0.104. The van der Waals surface area contributed by atoms with Crippen molar-refractivity contribution in [1.82, 2.24) is 9.78 Å². The Kier molecular flexibility index (Phi) is 5.32. The highest BCUT2D eigenvalue weighted by atomic mass is 35.5. The van der Waals surface area contributed by atoms with Crippen molar-refractivity contribution in [2.75, 3.05) is 5.32 Å². The van der Waals surface area contributed by atoms with E-state index in [-0.39, 0.29) is 23.1 Å². The van der Waals surface area contributed by atoms with Gasteiger partial charge in [-0.3, -0.25) is 19.6 Å². The summed E-state index contributed by atoms with van der Waals surface area (Å²) < 4.78 is 20.1. The molecular formula is C17H12ClFN4O4. The summed E-state index contributed by atoms with van der Waals surface area (Å²) in [6.45, 7) is 0.104. The first-order valence-corrected chi connectivity index (χ1v) is 8.00. The molecule has 0 spiro atoms. The van der Waals surface area contributed by atoms with E-state index in [9.17, 15) is 19.3 Å². The predicted molar refractivity (Wildman–Crippen MR) is 95.8 cm³/mol. The highest BCUT2D eigenvalue weighted by Crippen LogP contribution is 2.20. The first-order chi connectivity index (χ1) is 12.9. The first kappa shape index (κ1) is 18.3. The standard InChI is InChI=1S/C17H12ClFN4O4/c18-13-2-1-3-14(19)12(13)10-22-9-8-15(21-22)20-16(24)6-4-11-5-7-17(27-11)23(25)26/h1-9H,10H2,(H,20,21,24)/b6-4+. The van der Waals surface area contributed by atoms with Crippen LogP contribution in [0.2, 0.25) is 5.02 Å². The normalized spacial score (nSPS) is 11.0. The third-order valence-corrected chi connectivity index (χ3v) is 3.82. The monoisotopic (exact) mass is 390 g/mol. The number of furan rings is 1. The van der Waals surface area contributed by atoms with E-state index in [4.69, 9.17) is 16.0 Å². The van der Waals surface area contributed by atoms with Crippen LogP contribution in [0.1, 0.15) is 11.3 Å². The molecule has 3 rings (SSSR count). The number of halogens is 2. The van der Waals surface area contributed by atoms with Gasteiger partial charge in [-0.15, -0.1) is 0 Å². The SMILES string of the molecule is O=C(/C=C/c1ccc([N+](=O)[O-])o1)Nc1ccn(Cc2c(F)cccc2Cl)n1. The molecule has 0 saturated carbocycles. The second-order valence-electron chi connectivity index (χ2n) is 5.35. The van der Waals surface area contributed by atoms with Gasteiger partial charge in [0.25, 0.3) is 0 Å². The molecule has 8 nitrogen and oxygen atoms in total. The van der Waals surface area contributed by atoms with Gasteiger partial charge in [-0.1, -0.05) is 17.7 Å². The predicted octanol–water partition coefficient (Wildman–Crippen LogP) is 3.88. The zero-order valence-corrected chi connectivity index (χ0v) is 14.4. The van der Waals surface area contributed by atoms with Gasteiger partial charge in [0.1, 0.15) is 16.5 Å². The van der Waals surface area contributed by atoms with Crippen molar-refractivity contribution in [3.05, 3.63) is 80.9 Å². The van der Waals surface area contributed by atoms with Crippen LogP contribution in [0, 0.1) is 15.9 Å². The Balaban J connectivity index is 1.62. The topological polar surface area (TPSA) is 103 Å². The largest absolute Gasteiger partial charge is 0.433 e. The van der Waals surface area contributed by atoms with E-state index in [0.717, 1.165) is 6.08 Å². The van der Waals surface area contributed by atoms with Gasteiger partial charge in [-0.05, 0) is 24.3 Å². The van der Waals surface area contributed by atoms with Crippen LogP contribution in [0.5, 0.6) is 0 Å². The van der Waals surface area contributed by atoms with E-state index >= 15 is 0 Å². The number of carbonyl (C=O) groups is 1. The fourth-order valence-corrected chi connectivity index (χ4v) is 2.44. The van der Waals surface area contributed by atoms with E-state index in [1.54, 1.807) is 12.3 Å². The van der Waals surface area contributed by atoms with Crippen molar-refractivity contribution in [2.45, 2.75) is 6.54 Å². The number of rotatable bonds is 6. The summed E-state index contributed by atoms with van der Waals surface area (Å²) in [7, 11) is 0. The Hall–Kier alpha value is -3.46. The van der Waals surface area contributed by atoms with Crippen molar-refractivity contribution in [2.24, 2.45) is 0 Å². The summed E-state index contributed by atoms with van der Waals surface area (Å²) in [5.41, 5.74) is 0.291. The Morgan fingerprint density at radius 3 is 2.89 bits per heavy atom. The van der Waals surface area contributed by atoms with E-state index in [0.29, 0.717) is 5.56 Å². The van der Waals surface area contributed by atoms with E-state index in [1.165, 1.54) is 41.1 Å². The van der Waals surface area contributed by atoms with Crippen LogP contribution in [0.3, 0.4) is 0 Å². The first-order valence-electron chi connectivity index (χ1n) is 7.62. The minimum atomic E-state index is -0.675. The van der Waals surface area contributed by atoms with Crippen LogP contribution in [-0.4, -0.2) is 20.6 Å². The zero-order valence-electron chi connectivity index (χ0n) is 13.6. The van der Waals surface area contributed by atoms with Crippen molar-refractivity contribution < 1.29 is 18.5 Å². The average molecular weight is 391 g/mol. The average Bonchev–Trinajstić information content (AvgIpc) is 3.26. The number of benzene rings is 1. The second kappa shape index (κ2) is 7.83. The molecule has 0 aliphatic rings. The summed E-state index contributed by atoms with van der Waals surface area (Å²) in [4.78, 5) is 21.8. The lowest BCUT2D eigenvalue weighted by Gasteiger charge is -2.05. The lowest BCUT2D eigenvalue weighted by atomic mass is 10.2. The Bertz CT molecular complexity index is 1010. The molecule has 0 aliphatic carbocycles. The lowest BCUT2D eigenvalue weighted by Crippen LogP contribution is -2.09. The molecule has 138 valence electrons. The van der Waals surface area contributed by atoms with Crippen LogP contribution in [0.15, 0.2) is 53.1 Å². The number of anilines is 1. The fraction of sp³-hybridized carbons (Fsp3) is 0.0588. The Labute approximate surface area is 157 Å². The molecule has 10 heteroatoms. The number of nitrogens with zero attached hydrogens (tertiary/aromatic N) is 3. The van der Waals surface area contributed by atoms with Crippen LogP contribution in [0.25, 0.3) is 6.08 Å². The zero-order chi connectivity index (χ0) is 19.4. The van der Waals surface area contributed by atoms with Gasteiger partial charge in [0.2, 0.25) is 5.91 Å². The molecule has 2 heterocycles. The third kappa shape index (κ3) is 4.59. The molecule has 1 aromatic carbocycles. The van der Waals surface area contributed by atoms with E-state index in [2.05, 4.69) is 10.4 Å².